The number of aromatic nitrogens is 3. The summed E-state index contributed by atoms with van der Waals surface area (Å²) in [5, 5.41) is 0.107. The van der Waals surface area contributed by atoms with Gasteiger partial charge < -0.3 is 0 Å². The Bertz CT molecular complexity index is 945. The number of fused-ring (bicyclic) bond motifs is 2. The number of halogens is 3. The van der Waals surface area contributed by atoms with Crippen molar-refractivity contribution in [1.82, 2.24) is 14.5 Å². The molecule has 9 heteroatoms. The van der Waals surface area contributed by atoms with Crippen LogP contribution in [0.2, 0.25) is 0 Å². The fraction of sp³-hybridized carbons (Fsp3) is 0.167. The van der Waals surface area contributed by atoms with Gasteiger partial charge in [-0.2, -0.15) is 18.2 Å². The standard InChI is InChI=1S/C12H6F3N3O2S/c1-18-10(19)8-9(17-11(18)20)21-7-3-2-5(12(13,14)15)4-6(7)16-8/h2-4H,1H3. The van der Waals surface area contributed by atoms with Crippen molar-refractivity contribution >= 4 is 21.6 Å². The van der Waals surface area contributed by atoms with Crippen LogP contribution in [0.4, 0.5) is 13.2 Å². The van der Waals surface area contributed by atoms with E-state index in [0.717, 1.165) is 28.0 Å². The van der Waals surface area contributed by atoms with Gasteiger partial charge in [-0.25, -0.2) is 9.78 Å². The van der Waals surface area contributed by atoms with Gasteiger partial charge in [0.25, 0.3) is 5.56 Å². The molecule has 0 radical (unpaired) electrons. The Morgan fingerprint density at radius 3 is 2.57 bits per heavy atom. The smallest absolute Gasteiger partial charge is 0.267 e. The second-order valence-corrected chi connectivity index (χ2v) is 5.34. The summed E-state index contributed by atoms with van der Waals surface area (Å²) in [5.74, 6) is 0. The minimum atomic E-state index is -4.49. The fourth-order valence-corrected chi connectivity index (χ4v) is 2.72. The van der Waals surface area contributed by atoms with Crippen LogP contribution in [0.15, 0.2) is 27.8 Å². The highest BCUT2D eigenvalue weighted by Gasteiger charge is 2.31. The fourth-order valence-electron chi connectivity index (χ4n) is 1.81. The third-order valence-corrected chi connectivity index (χ3v) is 3.96. The molecule has 2 aliphatic rings. The van der Waals surface area contributed by atoms with Crippen LogP contribution in [-0.2, 0) is 13.2 Å². The molecule has 108 valence electrons. The zero-order valence-electron chi connectivity index (χ0n) is 10.4. The number of hydrogen-bond acceptors (Lipinski definition) is 5. The van der Waals surface area contributed by atoms with Crippen LogP contribution in [0.1, 0.15) is 5.56 Å². The molecule has 0 fully saturated rings. The first-order valence-electron chi connectivity index (χ1n) is 5.66. The maximum atomic E-state index is 12.7. The van der Waals surface area contributed by atoms with E-state index in [9.17, 15) is 22.8 Å². The van der Waals surface area contributed by atoms with Crippen molar-refractivity contribution in [2.24, 2.45) is 7.05 Å². The third-order valence-electron chi connectivity index (χ3n) is 2.92. The number of alkyl halides is 3. The molecular formula is C12H6F3N3O2S. The first-order chi connectivity index (χ1) is 9.77. The summed E-state index contributed by atoms with van der Waals surface area (Å²) in [6, 6.07) is 3.04. The van der Waals surface area contributed by atoms with E-state index in [1.807, 2.05) is 0 Å². The molecule has 0 aromatic heterocycles. The molecule has 0 amide bonds. The minimum absolute atomic E-state index is 0.0415. The van der Waals surface area contributed by atoms with Crippen molar-refractivity contribution in [2.75, 3.05) is 0 Å². The molecule has 0 unspecified atom stereocenters. The van der Waals surface area contributed by atoms with E-state index in [1.165, 1.54) is 13.1 Å². The van der Waals surface area contributed by atoms with Gasteiger partial charge >= 0.3 is 11.9 Å². The second kappa shape index (κ2) is 4.35. The molecule has 2 aliphatic heterocycles. The van der Waals surface area contributed by atoms with Crippen LogP contribution in [0.3, 0.4) is 0 Å². The number of benzene rings is 1. The summed E-state index contributed by atoms with van der Waals surface area (Å²) in [5.41, 5.74) is -2.33. The first-order valence-corrected chi connectivity index (χ1v) is 6.48. The summed E-state index contributed by atoms with van der Waals surface area (Å²) in [7, 11) is 1.24. The summed E-state index contributed by atoms with van der Waals surface area (Å²) in [6.07, 6.45) is -4.49. The molecule has 0 saturated carbocycles. The molecular weight excluding hydrogens is 307 g/mol. The van der Waals surface area contributed by atoms with Crippen molar-refractivity contribution < 1.29 is 13.2 Å². The van der Waals surface area contributed by atoms with E-state index in [1.54, 1.807) is 0 Å². The number of nitrogens with zero attached hydrogens (tertiary/aromatic N) is 3. The van der Waals surface area contributed by atoms with Crippen molar-refractivity contribution in [1.29, 1.82) is 0 Å². The Labute approximate surface area is 118 Å². The van der Waals surface area contributed by atoms with E-state index >= 15 is 0 Å². The summed E-state index contributed by atoms with van der Waals surface area (Å²) in [4.78, 5) is 31.0. The maximum absolute atomic E-state index is 12.7. The molecule has 2 heterocycles. The number of hydrogen-bond donors (Lipinski definition) is 0. The monoisotopic (exact) mass is 313 g/mol. The Morgan fingerprint density at radius 1 is 1.19 bits per heavy atom. The second-order valence-electron chi connectivity index (χ2n) is 4.31. The van der Waals surface area contributed by atoms with Gasteiger partial charge in [-0.3, -0.25) is 9.36 Å². The van der Waals surface area contributed by atoms with Gasteiger partial charge in [0.15, 0.2) is 10.7 Å². The molecule has 0 spiro atoms. The van der Waals surface area contributed by atoms with Crippen molar-refractivity contribution in [3.05, 3.63) is 44.6 Å². The van der Waals surface area contributed by atoms with Gasteiger partial charge in [0.2, 0.25) is 0 Å². The average molecular weight is 313 g/mol. The summed E-state index contributed by atoms with van der Waals surface area (Å²) in [6.45, 7) is 0. The van der Waals surface area contributed by atoms with Crippen molar-refractivity contribution in [2.45, 2.75) is 6.18 Å². The molecule has 5 nitrogen and oxygen atoms in total. The highest BCUT2D eigenvalue weighted by atomic mass is 32.1. The highest BCUT2D eigenvalue weighted by molar-refractivity contribution is 7.21. The number of rotatable bonds is 0. The van der Waals surface area contributed by atoms with Crippen LogP contribution < -0.4 is 11.2 Å². The van der Waals surface area contributed by atoms with E-state index in [-0.39, 0.29) is 16.2 Å². The van der Waals surface area contributed by atoms with Gasteiger partial charge in [0.05, 0.1) is 15.8 Å². The topological polar surface area (TPSA) is 64.8 Å². The minimum Gasteiger partial charge on any atom is -0.267 e. The summed E-state index contributed by atoms with van der Waals surface area (Å²) < 4.78 is 39.2. The van der Waals surface area contributed by atoms with E-state index in [0.29, 0.717) is 4.70 Å². The zero-order chi connectivity index (χ0) is 15.4. The Balaban J connectivity index is 2.40. The molecule has 0 atom stereocenters. The van der Waals surface area contributed by atoms with Gasteiger partial charge in [-0.15, -0.1) is 11.3 Å². The van der Waals surface area contributed by atoms with E-state index < -0.39 is 23.0 Å². The van der Waals surface area contributed by atoms with Crippen LogP contribution in [0.25, 0.3) is 20.9 Å². The average Bonchev–Trinajstić information content (AvgIpc) is 2.42. The van der Waals surface area contributed by atoms with Crippen LogP contribution >= 0.6 is 11.3 Å². The predicted octanol–water partition coefficient (Wildman–Crippen LogP) is 1.87. The van der Waals surface area contributed by atoms with Crippen LogP contribution in [0.5, 0.6) is 0 Å². The molecule has 1 aromatic carbocycles. The third kappa shape index (κ3) is 2.19. The van der Waals surface area contributed by atoms with Gasteiger partial charge in [0, 0.05) is 7.05 Å². The lowest BCUT2D eigenvalue weighted by atomic mass is 10.2. The first kappa shape index (κ1) is 13.7. The van der Waals surface area contributed by atoms with E-state index in [4.69, 9.17) is 0 Å². The molecule has 3 rings (SSSR count). The largest absolute Gasteiger partial charge is 0.416 e. The molecule has 1 aromatic rings. The molecule has 21 heavy (non-hydrogen) atoms. The Hall–Kier alpha value is -2.29. The highest BCUT2D eigenvalue weighted by Crippen LogP contribution is 2.33. The summed E-state index contributed by atoms with van der Waals surface area (Å²) >= 11 is 0.953. The molecule has 0 bridgehead atoms. The van der Waals surface area contributed by atoms with Gasteiger partial charge in [-0.1, -0.05) is 0 Å². The lowest BCUT2D eigenvalue weighted by Gasteiger charge is -2.09. The normalized spacial score (nSPS) is 12.2. The van der Waals surface area contributed by atoms with E-state index in [2.05, 4.69) is 9.97 Å². The quantitative estimate of drug-likeness (QED) is 0.594. The Kier molecular flexibility index (Phi) is 2.84. The van der Waals surface area contributed by atoms with Crippen LogP contribution in [-0.4, -0.2) is 14.5 Å². The van der Waals surface area contributed by atoms with Crippen LogP contribution in [0, 0.1) is 0 Å². The molecule has 0 saturated heterocycles. The molecule has 0 N–H and O–H groups in total. The lowest BCUT2D eigenvalue weighted by Crippen LogP contribution is -2.34. The van der Waals surface area contributed by atoms with Crippen molar-refractivity contribution in [3.8, 4) is 10.7 Å². The van der Waals surface area contributed by atoms with Gasteiger partial charge in [0.1, 0.15) is 0 Å². The predicted molar refractivity (Wildman–Crippen MR) is 70.5 cm³/mol. The molecule has 0 aliphatic carbocycles. The maximum Gasteiger partial charge on any atom is 0.416 e. The van der Waals surface area contributed by atoms with Gasteiger partial charge in [-0.05, 0) is 18.2 Å². The van der Waals surface area contributed by atoms with Crippen molar-refractivity contribution in [3.63, 3.8) is 0 Å². The Morgan fingerprint density at radius 2 is 1.90 bits per heavy atom. The lowest BCUT2D eigenvalue weighted by molar-refractivity contribution is -0.137. The SMILES string of the molecule is Cn1c(=O)nc2sc3ccc(C(F)(F)F)cc3nc-2c1=O. The zero-order valence-corrected chi connectivity index (χ0v) is 11.2.